The standard InChI is InChI=1S/C19H21Cl2/c1-19(2,3)16-10-7-14(8-11-16)5-4-6-15-9-12-17(20)18(21)13-15/h4,7-13H,5-6H2,1-3H3. The Balaban J connectivity index is 1.90. The number of rotatable bonds is 4. The van der Waals surface area contributed by atoms with Crippen LogP contribution in [0.25, 0.3) is 0 Å². The predicted octanol–water partition coefficient (Wildman–Crippen LogP) is 6.28. The highest BCUT2D eigenvalue weighted by Gasteiger charge is 2.12. The van der Waals surface area contributed by atoms with Crippen molar-refractivity contribution in [3.05, 3.63) is 75.6 Å². The molecule has 0 nitrogen and oxygen atoms in total. The van der Waals surface area contributed by atoms with Gasteiger partial charge in [-0.2, -0.15) is 0 Å². The summed E-state index contributed by atoms with van der Waals surface area (Å²) in [7, 11) is 0. The van der Waals surface area contributed by atoms with Crippen molar-refractivity contribution >= 4 is 23.2 Å². The zero-order valence-electron chi connectivity index (χ0n) is 12.8. The smallest absolute Gasteiger partial charge is 0.0595 e. The van der Waals surface area contributed by atoms with Gasteiger partial charge in [-0.25, -0.2) is 0 Å². The molecule has 2 heteroatoms. The molecule has 1 radical (unpaired) electrons. The Bertz CT molecular complexity index is 592. The number of hydrogen-bond donors (Lipinski definition) is 0. The first-order chi connectivity index (χ1) is 9.86. The van der Waals surface area contributed by atoms with Gasteiger partial charge in [0, 0.05) is 0 Å². The third kappa shape index (κ3) is 4.76. The molecule has 0 saturated heterocycles. The van der Waals surface area contributed by atoms with Crippen LogP contribution in [0.4, 0.5) is 0 Å². The minimum absolute atomic E-state index is 0.211. The summed E-state index contributed by atoms with van der Waals surface area (Å²) in [5.41, 5.74) is 4.11. The lowest BCUT2D eigenvalue weighted by molar-refractivity contribution is 0.590. The molecule has 0 saturated carbocycles. The Hall–Kier alpha value is -0.980. The van der Waals surface area contributed by atoms with Gasteiger partial charge in [0.05, 0.1) is 10.0 Å². The minimum atomic E-state index is 0.211. The van der Waals surface area contributed by atoms with E-state index in [-0.39, 0.29) is 5.41 Å². The molecule has 0 spiro atoms. The molecular weight excluding hydrogens is 299 g/mol. The van der Waals surface area contributed by atoms with Gasteiger partial charge in [-0.05, 0) is 53.5 Å². The van der Waals surface area contributed by atoms with Crippen LogP contribution in [0.5, 0.6) is 0 Å². The van der Waals surface area contributed by atoms with Gasteiger partial charge in [0.1, 0.15) is 0 Å². The molecule has 0 aromatic heterocycles. The number of hydrogen-bond acceptors (Lipinski definition) is 0. The zero-order valence-corrected chi connectivity index (χ0v) is 14.3. The number of benzene rings is 2. The first-order valence-corrected chi connectivity index (χ1v) is 7.97. The van der Waals surface area contributed by atoms with Gasteiger partial charge in [0.15, 0.2) is 0 Å². The Labute approximate surface area is 138 Å². The first-order valence-electron chi connectivity index (χ1n) is 7.21. The van der Waals surface area contributed by atoms with E-state index in [9.17, 15) is 0 Å². The molecule has 0 aliphatic carbocycles. The Morgan fingerprint density at radius 2 is 1.38 bits per heavy atom. The lowest BCUT2D eigenvalue weighted by Crippen LogP contribution is -2.10. The van der Waals surface area contributed by atoms with Crippen molar-refractivity contribution in [3.63, 3.8) is 0 Å². The second kappa shape index (κ2) is 6.85. The monoisotopic (exact) mass is 319 g/mol. The van der Waals surface area contributed by atoms with Crippen LogP contribution in [0.1, 0.15) is 37.5 Å². The van der Waals surface area contributed by atoms with E-state index in [1.807, 2.05) is 18.2 Å². The molecule has 0 aliphatic rings. The summed E-state index contributed by atoms with van der Waals surface area (Å²) >= 11 is 11.9. The van der Waals surface area contributed by atoms with E-state index < -0.39 is 0 Å². The quantitative estimate of drug-likeness (QED) is 0.622. The van der Waals surface area contributed by atoms with Crippen LogP contribution in [0, 0.1) is 6.42 Å². The zero-order chi connectivity index (χ0) is 15.5. The molecule has 0 unspecified atom stereocenters. The molecule has 0 bridgehead atoms. The summed E-state index contributed by atoms with van der Waals surface area (Å²) in [5.74, 6) is 0. The SMILES string of the molecule is CC(C)(C)c1ccc(C[CH]Cc2ccc(Cl)c(Cl)c2)cc1. The highest BCUT2D eigenvalue weighted by molar-refractivity contribution is 6.42. The fourth-order valence-corrected chi connectivity index (χ4v) is 2.53. The summed E-state index contributed by atoms with van der Waals surface area (Å²) in [5, 5.41) is 1.23. The summed E-state index contributed by atoms with van der Waals surface area (Å²) < 4.78 is 0. The van der Waals surface area contributed by atoms with Crippen LogP contribution >= 0.6 is 23.2 Å². The maximum Gasteiger partial charge on any atom is 0.0595 e. The summed E-state index contributed by atoms with van der Waals surface area (Å²) in [4.78, 5) is 0. The lowest BCUT2D eigenvalue weighted by Gasteiger charge is -2.19. The van der Waals surface area contributed by atoms with E-state index in [2.05, 4.69) is 51.5 Å². The van der Waals surface area contributed by atoms with Crippen LogP contribution in [0.3, 0.4) is 0 Å². The highest BCUT2D eigenvalue weighted by Crippen LogP contribution is 2.24. The van der Waals surface area contributed by atoms with Gasteiger partial charge in [-0.15, -0.1) is 0 Å². The summed E-state index contributed by atoms with van der Waals surface area (Å²) in [6.07, 6.45) is 4.13. The molecule has 0 fully saturated rings. The van der Waals surface area contributed by atoms with Gasteiger partial charge in [-0.3, -0.25) is 0 Å². The largest absolute Gasteiger partial charge is 0.0827 e. The highest BCUT2D eigenvalue weighted by atomic mass is 35.5. The summed E-state index contributed by atoms with van der Waals surface area (Å²) in [6, 6.07) is 14.7. The number of halogens is 2. The van der Waals surface area contributed by atoms with Crippen LogP contribution < -0.4 is 0 Å². The Kier molecular flexibility index (Phi) is 5.35. The molecule has 21 heavy (non-hydrogen) atoms. The average Bonchev–Trinajstić information content (AvgIpc) is 2.42. The lowest BCUT2D eigenvalue weighted by atomic mass is 9.86. The van der Waals surface area contributed by atoms with Crippen LogP contribution in [0.15, 0.2) is 42.5 Å². The van der Waals surface area contributed by atoms with E-state index in [4.69, 9.17) is 23.2 Å². The summed E-state index contributed by atoms with van der Waals surface area (Å²) in [6.45, 7) is 6.70. The van der Waals surface area contributed by atoms with Crippen LogP contribution in [0.2, 0.25) is 10.0 Å². The van der Waals surface area contributed by atoms with E-state index in [0.717, 1.165) is 12.8 Å². The first kappa shape index (κ1) is 16.4. The second-order valence-corrected chi connectivity index (χ2v) is 7.21. The fraction of sp³-hybridized carbons (Fsp3) is 0.316. The predicted molar refractivity (Wildman–Crippen MR) is 93.3 cm³/mol. The normalized spacial score (nSPS) is 11.7. The molecule has 0 N–H and O–H groups in total. The van der Waals surface area contributed by atoms with Crippen molar-refractivity contribution in [1.82, 2.24) is 0 Å². The third-order valence-corrected chi connectivity index (χ3v) is 4.30. The maximum atomic E-state index is 6.02. The minimum Gasteiger partial charge on any atom is -0.0827 e. The van der Waals surface area contributed by atoms with E-state index in [0.29, 0.717) is 10.0 Å². The molecule has 2 aromatic rings. The van der Waals surface area contributed by atoms with Crippen molar-refractivity contribution in [2.24, 2.45) is 0 Å². The molecule has 2 aromatic carbocycles. The molecule has 0 heterocycles. The third-order valence-electron chi connectivity index (χ3n) is 3.56. The average molecular weight is 320 g/mol. The topological polar surface area (TPSA) is 0 Å². The van der Waals surface area contributed by atoms with Gasteiger partial charge in [0.2, 0.25) is 0 Å². The van der Waals surface area contributed by atoms with Crippen molar-refractivity contribution in [2.45, 2.75) is 39.0 Å². The molecular formula is C19H21Cl2. The van der Waals surface area contributed by atoms with E-state index in [1.165, 1.54) is 16.7 Å². The van der Waals surface area contributed by atoms with Gasteiger partial charge in [0.25, 0.3) is 0 Å². The van der Waals surface area contributed by atoms with Crippen molar-refractivity contribution in [2.75, 3.05) is 0 Å². The second-order valence-electron chi connectivity index (χ2n) is 6.39. The van der Waals surface area contributed by atoms with E-state index in [1.54, 1.807) is 0 Å². The van der Waals surface area contributed by atoms with Crippen molar-refractivity contribution in [1.29, 1.82) is 0 Å². The molecule has 0 atom stereocenters. The van der Waals surface area contributed by atoms with Gasteiger partial charge >= 0.3 is 0 Å². The Morgan fingerprint density at radius 3 is 1.95 bits per heavy atom. The van der Waals surface area contributed by atoms with Crippen LogP contribution in [-0.4, -0.2) is 0 Å². The molecule has 2 rings (SSSR count). The molecule has 111 valence electrons. The molecule has 0 aliphatic heterocycles. The fourth-order valence-electron chi connectivity index (χ4n) is 2.21. The van der Waals surface area contributed by atoms with Crippen LogP contribution in [-0.2, 0) is 18.3 Å². The Morgan fingerprint density at radius 1 is 0.810 bits per heavy atom. The van der Waals surface area contributed by atoms with E-state index >= 15 is 0 Å². The van der Waals surface area contributed by atoms with Crippen molar-refractivity contribution < 1.29 is 0 Å². The van der Waals surface area contributed by atoms with Gasteiger partial charge < -0.3 is 0 Å². The van der Waals surface area contributed by atoms with Crippen molar-refractivity contribution in [3.8, 4) is 0 Å². The maximum absolute atomic E-state index is 6.02. The molecule has 0 amide bonds. The van der Waals surface area contributed by atoms with Gasteiger partial charge in [-0.1, -0.05) is 74.3 Å².